The van der Waals surface area contributed by atoms with Crippen molar-refractivity contribution in [1.82, 2.24) is 20.2 Å². The van der Waals surface area contributed by atoms with Gasteiger partial charge in [-0.3, -0.25) is 0 Å². The van der Waals surface area contributed by atoms with Crippen LogP contribution >= 0.6 is 0 Å². The molecular weight excluding hydrogens is 466 g/mol. The number of ether oxygens (including phenoxy) is 2. The topological polar surface area (TPSA) is 79.8 Å². The second kappa shape index (κ2) is 11.6. The zero-order valence-electron chi connectivity index (χ0n) is 22.5. The molecule has 0 saturated carbocycles. The number of benzene rings is 2. The number of carbonyl (C=O) groups is 1. The monoisotopic (exact) mass is 503 g/mol. The quantitative estimate of drug-likeness (QED) is 0.511. The van der Waals surface area contributed by atoms with E-state index in [1.165, 1.54) is 0 Å². The summed E-state index contributed by atoms with van der Waals surface area (Å²) in [7, 11) is 3.36. The lowest BCUT2D eigenvalue weighted by atomic mass is 10.0. The number of urea groups is 1. The SMILES string of the molecule is COCc1nc(-c2ccccc2)nc(N2CCN(C(=O)NC(C)(C)C)CC2)c1Cc1cccc(OC)c1. The smallest absolute Gasteiger partial charge is 0.317 e. The Kier molecular flexibility index (Phi) is 8.28. The summed E-state index contributed by atoms with van der Waals surface area (Å²) >= 11 is 0. The van der Waals surface area contributed by atoms with Crippen LogP contribution in [0.5, 0.6) is 5.75 Å². The zero-order chi connectivity index (χ0) is 26.4. The van der Waals surface area contributed by atoms with Crippen molar-refractivity contribution in [3.8, 4) is 17.1 Å². The Morgan fingerprint density at radius 3 is 2.35 bits per heavy atom. The number of carbonyl (C=O) groups excluding carboxylic acids is 1. The molecule has 0 aliphatic carbocycles. The van der Waals surface area contributed by atoms with Crippen LogP contribution in [0.4, 0.5) is 10.6 Å². The summed E-state index contributed by atoms with van der Waals surface area (Å²) in [6, 6.07) is 18.0. The highest BCUT2D eigenvalue weighted by Gasteiger charge is 2.27. The maximum Gasteiger partial charge on any atom is 0.317 e. The molecule has 1 fully saturated rings. The first kappa shape index (κ1) is 26.4. The van der Waals surface area contributed by atoms with Gasteiger partial charge in [-0.25, -0.2) is 14.8 Å². The van der Waals surface area contributed by atoms with E-state index in [0.717, 1.165) is 34.0 Å². The van der Waals surface area contributed by atoms with E-state index in [1.54, 1.807) is 14.2 Å². The minimum Gasteiger partial charge on any atom is -0.497 e. The van der Waals surface area contributed by atoms with Crippen LogP contribution < -0.4 is 15.0 Å². The van der Waals surface area contributed by atoms with Gasteiger partial charge in [-0.1, -0.05) is 42.5 Å². The summed E-state index contributed by atoms with van der Waals surface area (Å²) in [6.07, 6.45) is 0.644. The second-order valence-electron chi connectivity index (χ2n) is 10.3. The molecule has 1 aliphatic rings. The number of amides is 2. The zero-order valence-corrected chi connectivity index (χ0v) is 22.5. The largest absolute Gasteiger partial charge is 0.497 e. The Balaban J connectivity index is 1.70. The van der Waals surface area contributed by atoms with Crippen molar-refractivity contribution >= 4 is 11.8 Å². The number of nitrogens with zero attached hydrogens (tertiary/aromatic N) is 4. The van der Waals surface area contributed by atoms with Gasteiger partial charge >= 0.3 is 6.03 Å². The Bertz CT molecular complexity index is 1200. The number of anilines is 1. The highest BCUT2D eigenvalue weighted by atomic mass is 16.5. The maximum absolute atomic E-state index is 12.7. The Morgan fingerprint density at radius 2 is 1.70 bits per heavy atom. The van der Waals surface area contributed by atoms with Crippen molar-refractivity contribution in [2.45, 2.75) is 39.3 Å². The van der Waals surface area contributed by atoms with Crippen LogP contribution in [0.25, 0.3) is 11.4 Å². The molecule has 2 amide bonds. The van der Waals surface area contributed by atoms with Gasteiger partial charge in [0.15, 0.2) is 5.82 Å². The Labute approximate surface area is 219 Å². The van der Waals surface area contributed by atoms with E-state index in [4.69, 9.17) is 19.4 Å². The molecule has 8 nitrogen and oxygen atoms in total. The van der Waals surface area contributed by atoms with Crippen molar-refractivity contribution in [1.29, 1.82) is 0 Å². The first-order valence-electron chi connectivity index (χ1n) is 12.7. The highest BCUT2D eigenvalue weighted by molar-refractivity contribution is 5.75. The number of hydrogen-bond donors (Lipinski definition) is 1. The number of hydrogen-bond acceptors (Lipinski definition) is 6. The van der Waals surface area contributed by atoms with E-state index >= 15 is 0 Å². The molecule has 1 aliphatic heterocycles. The summed E-state index contributed by atoms with van der Waals surface area (Å²) in [5, 5.41) is 3.07. The van der Waals surface area contributed by atoms with Gasteiger partial charge in [0.05, 0.1) is 19.4 Å². The fourth-order valence-corrected chi connectivity index (χ4v) is 4.44. The Morgan fingerprint density at radius 1 is 0.973 bits per heavy atom. The average molecular weight is 504 g/mol. The standard InChI is InChI=1S/C29H37N5O3/c1-29(2,3)32-28(35)34-16-14-33(15-17-34)27-24(19-21-10-9-13-23(18-21)37-5)25(20-36-4)30-26(31-27)22-11-7-6-8-12-22/h6-13,18H,14-17,19-20H2,1-5H3,(H,32,35). The first-order valence-corrected chi connectivity index (χ1v) is 12.7. The Hall–Kier alpha value is -3.65. The van der Waals surface area contributed by atoms with E-state index in [2.05, 4.69) is 16.3 Å². The summed E-state index contributed by atoms with van der Waals surface area (Å²) < 4.78 is 11.0. The summed E-state index contributed by atoms with van der Waals surface area (Å²) in [5.41, 5.74) is 3.68. The molecule has 1 aromatic heterocycles. The van der Waals surface area contributed by atoms with Crippen LogP contribution in [-0.2, 0) is 17.8 Å². The lowest BCUT2D eigenvalue weighted by molar-refractivity contribution is 0.180. The number of nitrogens with one attached hydrogen (secondary N) is 1. The molecule has 0 unspecified atom stereocenters. The van der Waals surface area contributed by atoms with E-state index in [0.29, 0.717) is 45.0 Å². The number of methoxy groups -OCH3 is 2. The third-order valence-electron chi connectivity index (χ3n) is 6.25. The van der Waals surface area contributed by atoms with Crippen molar-refractivity contribution in [3.63, 3.8) is 0 Å². The van der Waals surface area contributed by atoms with Crippen LogP contribution in [0.3, 0.4) is 0 Å². The predicted molar refractivity (Wildman–Crippen MR) is 146 cm³/mol. The van der Waals surface area contributed by atoms with Gasteiger partial charge < -0.3 is 24.6 Å². The summed E-state index contributed by atoms with van der Waals surface area (Å²) in [4.78, 5) is 26.9. The number of rotatable bonds is 7. The van der Waals surface area contributed by atoms with Crippen molar-refractivity contribution in [2.75, 3.05) is 45.3 Å². The number of piperazine rings is 1. The fourth-order valence-electron chi connectivity index (χ4n) is 4.44. The third-order valence-corrected chi connectivity index (χ3v) is 6.25. The molecule has 8 heteroatoms. The van der Waals surface area contributed by atoms with E-state index < -0.39 is 0 Å². The highest BCUT2D eigenvalue weighted by Crippen LogP contribution is 2.30. The minimum absolute atomic E-state index is 0.0310. The van der Waals surface area contributed by atoms with Gasteiger partial charge in [-0.2, -0.15) is 0 Å². The minimum atomic E-state index is -0.273. The van der Waals surface area contributed by atoms with Crippen LogP contribution in [-0.4, -0.2) is 66.8 Å². The van der Waals surface area contributed by atoms with E-state index in [1.807, 2.05) is 74.2 Å². The van der Waals surface area contributed by atoms with Gasteiger partial charge in [0.25, 0.3) is 0 Å². The maximum atomic E-state index is 12.7. The molecule has 37 heavy (non-hydrogen) atoms. The summed E-state index contributed by atoms with van der Waals surface area (Å²) in [5.74, 6) is 2.37. The first-order chi connectivity index (χ1) is 17.8. The van der Waals surface area contributed by atoms with Gasteiger partial charge in [0, 0.05) is 56.4 Å². The van der Waals surface area contributed by atoms with Gasteiger partial charge in [-0.15, -0.1) is 0 Å². The molecule has 1 N–H and O–H groups in total. The molecule has 2 heterocycles. The molecule has 0 bridgehead atoms. The van der Waals surface area contributed by atoms with Crippen LogP contribution in [0, 0.1) is 0 Å². The molecule has 0 radical (unpaired) electrons. The van der Waals surface area contributed by atoms with Crippen LogP contribution in [0.1, 0.15) is 37.6 Å². The van der Waals surface area contributed by atoms with Crippen LogP contribution in [0.15, 0.2) is 54.6 Å². The van der Waals surface area contributed by atoms with Crippen molar-refractivity contribution < 1.29 is 14.3 Å². The van der Waals surface area contributed by atoms with E-state index in [9.17, 15) is 4.79 Å². The fraction of sp³-hybridized carbons (Fsp3) is 0.414. The van der Waals surface area contributed by atoms with Gasteiger partial charge in [0.2, 0.25) is 0 Å². The lowest BCUT2D eigenvalue weighted by Gasteiger charge is -2.37. The predicted octanol–water partition coefficient (Wildman–Crippen LogP) is 4.52. The second-order valence-corrected chi connectivity index (χ2v) is 10.3. The molecule has 4 rings (SSSR count). The number of aromatic nitrogens is 2. The average Bonchev–Trinajstić information content (AvgIpc) is 2.89. The third kappa shape index (κ3) is 6.77. The molecular formula is C29H37N5O3. The molecule has 0 spiro atoms. The molecule has 0 atom stereocenters. The lowest BCUT2D eigenvalue weighted by Crippen LogP contribution is -2.55. The van der Waals surface area contributed by atoms with Crippen molar-refractivity contribution in [2.24, 2.45) is 0 Å². The molecule has 2 aromatic carbocycles. The molecule has 196 valence electrons. The van der Waals surface area contributed by atoms with Gasteiger partial charge in [0.1, 0.15) is 11.6 Å². The van der Waals surface area contributed by atoms with Crippen molar-refractivity contribution in [3.05, 3.63) is 71.4 Å². The molecule has 3 aromatic rings. The summed E-state index contributed by atoms with van der Waals surface area (Å²) in [6.45, 7) is 8.96. The van der Waals surface area contributed by atoms with Gasteiger partial charge in [-0.05, 0) is 38.5 Å². The normalized spacial score (nSPS) is 14.0. The van der Waals surface area contributed by atoms with Crippen LogP contribution in [0.2, 0.25) is 0 Å². The molecule has 1 saturated heterocycles. The van der Waals surface area contributed by atoms with E-state index in [-0.39, 0.29) is 11.6 Å².